The van der Waals surface area contributed by atoms with Gasteiger partial charge in [0.05, 0.1) is 17.7 Å². The molecule has 5 heteroatoms. The Morgan fingerprint density at radius 2 is 2.44 bits per heavy atom. The standard InChI is InChI=1S/C13H21N3O2/c1-9(2)13(4-5-14-8-13)12(17)15-7-11-6-10(3)16-18-11/h6,9,14H,4-5,7-8H2,1-3H3,(H,15,17). The van der Waals surface area contributed by atoms with E-state index in [0.717, 1.165) is 25.2 Å². The predicted octanol–water partition coefficient (Wildman–Crippen LogP) is 1.23. The third kappa shape index (κ3) is 2.41. The number of aromatic nitrogens is 1. The zero-order chi connectivity index (χ0) is 13.2. The highest BCUT2D eigenvalue weighted by molar-refractivity contribution is 5.83. The van der Waals surface area contributed by atoms with Crippen molar-refractivity contribution >= 4 is 5.91 Å². The lowest BCUT2D eigenvalue weighted by molar-refractivity contribution is -0.132. The second-order valence-corrected chi connectivity index (χ2v) is 5.35. The van der Waals surface area contributed by atoms with Crippen LogP contribution in [0, 0.1) is 18.3 Å². The molecule has 5 nitrogen and oxygen atoms in total. The first-order chi connectivity index (χ1) is 8.54. The van der Waals surface area contributed by atoms with Crippen molar-refractivity contribution in [2.45, 2.75) is 33.7 Å². The molecule has 2 heterocycles. The third-order valence-electron chi connectivity index (χ3n) is 3.85. The molecule has 0 saturated carbocycles. The first-order valence-corrected chi connectivity index (χ1v) is 6.46. The molecular formula is C13H21N3O2. The summed E-state index contributed by atoms with van der Waals surface area (Å²) in [6.07, 6.45) is 0.895. The molecule has 18 heavy (non-hydrogen) atoms. The number of hydrogen-bond acceptors (Lipinski definition) is 4. The summed E-state index contributed by atoms with van der Waals surface area (Å²) in [5.41, 5.74) is 0.551. The van der Waals surface area contributed by atoms with Gasteiger partial charge in [0.25, 0.3) is 0 Å². The highest BCUT2D eigenvalue weighted by Crippen LogP contribution is 2.34. The van der Waals surface area contributed by atoms with Gasteiger partial charge in [0, 0.05) is 12.6 Å². The molecule has 0 aliphatic carbocycles. The van der Waals surface area contributed by atoms with Gasteiger partial charge in [-0.2, -0.15) is 0 Å². The van der Waals surface area contributed by atoms with Gasteiger partial charge in [0.2, 0.25) is 5.91 Å². The number of rotatable bonds is 4. The van der Waals surface area contributed by atoms with Gasteiger partial charge in [-0.3, -0.25) is 4.79 Å². The SMILES string of the molecule is Cc1cc(CNC(=O)C2(C(C)C)CCNC2)on1. The molecule has 0 radical (unpaired) electrons. The molecule has 1 aliphatic heterocycles. The van der Waals surface area contributed by atoms with Crippen LogP contribution < -0.4 is 10.6 Å². The van der Waals surface area contributed by atoms with Crippen LogP contribution in [0.3, 0.4) is 0 Å². The number of amides is 1. The first-order valence-electron chi connectivity index (χ1n) is 6.46. The molecule has 1 unspecified atom stereocenters. The highest BCUT2D eigenvalue weighted by atomic mass is 16.5. The smallest absolute Gasteiger partial charge is 0.228 e. The van der Waals surface area contributed by atoms with E-state index in [1.165, 1.54) is 0 Å². The van der Waals surface area contributed by atoms with Crippen molar-refractivity contribution < 1.29 is 9.32 Å². The summed E-state index contributed by atoms with van der Waals surface area (Å²) in [4.78, 5) is 12.4. The zero-order valence-corrected chi connectivity index (χ0v) is 11.2. The second kappa shape index (κ2) is 5.10. The summed E-state index contributed by atoms with van der Waals surface area (Å²) in [6.45, 7) is 8.15. The van der Waals surface area contributed by atoms with E-state index in [4.69, 9.17) is 4.52 Å². The van der Waals surface area contributed by atoms with E-state index >= 15 is 0 Å². The van der Waals surface area contributed by atoms with Crippen molar-refractivity contribution in [2.24, 2.45) is 11.3 Å². The molecule has 0 bridgehead atoms. The molecule has 0 aromatic carbocycles. The fourth-order valence-electron chi connectivity index (χ4n) is 2.50. The fraction of sp³-hybridized carbons (Fsp3) is 0.692. The minimum Gasteiger partial charge on any atom is -0.359 e. The van der Waals surface area contributed by atoms with Crippen LogP contribution >= 0.6 is 0 Å². The minimum atomic E-state index is -0.283. The Balaban J connectivity index is 1.98. The van der Waals surface area contributed by atoms with Gasteiger partial charge in [0.1, 0.15) is 0 Å². The maximum Gasteiger partial charge on any atom is 0.228 e. The lowest BCUT2D eigenvalue weighted by atomic mass is 9.75. The van der Waals surface area contributed by atoms with Gasteiger partial charge < -0.3 is 15.2 Å². The van der Waals surface area contributed by atoms with E-state index < -0.39 is 0 Å². The molecule has 1 atom stereocenters. The van der Waals surface area contributed by atoms with Crippen LogP contribution in [0.2, 0.25) is 0 Å². The second-order valence-electron chi connectivity index (χ2n) is 5.35. The Morgan fingerprint density at radius 3 is 2.94 bits per heavy atom. The largest absolute Gasteiger partial charge is 0.359 e. The average molecular weight is 251 g/mol. The Labute approximate surface area is 107 Å². The van der Waals surface area contributed by atoms with Crippen molar-refractivity contribution in [2.75, 3.05) is 13.1 Å². The summed E-state index contributed by atoms with van der Waals surface area (Å²) >= 11 is 0. The predicted molar refractivity (Wildman–Crippen MR) is 67.8 cm³/mol. The van der Waals surface area contributed by atoms with E-state index in [1.54, 1.807) is 0 Å². The van der Waals surface area contributed by atoms with Crippen molar-refractivity contribution in [3.05, 3.63) is 17.5 Å². The molecule has 1 amide bonds. The summed E-state index contributed by atoms with van der Waals surface area (Å²) in [5, 5.41) is 10.1. The third-order valence-corrected chi connectivity index (χ3v) is 3.85. The summed E-state index contributed by atoms with van der Waals surface area (Å²) < 4.78 is 5.09. The van der Waals surface area contributed by atoms with Gasteiger partial charge >= 0.3 is 0 Å². The summed E-state index contributed by atoms with van der Waals surface area (Å²) in [5.74, 6) is 1.13. The van der Waals surface area contributed by atoms with E-state index in [2.05, 4.69) is 29.6 Å². The van der Waals surface area contributed by atoms with E-state index in [9.17, 15) is 4.79 Å². The minimum absolute atomic E-state index is 0.108. The maximum atomic E-state index is 12.4. The van der Waals surface area contributed by atoms with Crippen molar-refractivity contribution in [3.63, 3.8) is 0 Å². The Hall–Kier alpha value is -1.36. The van der Waals surface area contributed by atoms with Crippen LogP contribution in [-0.4, -0.2) is 24.2 Å². The Bertz CT molecular complexity index is 420. The molecule has 100 valence electrons. The van der Waals surface area contributed by atoms with Crippen LogP contribution in [-0.2, 0) is 11.3 Å². The van der Waals surface area contributed by atoms with Gasteiger partial charge in [-0.1, -0.05) is 19.0 Å². The number of nitrogens with zero attached hydrogens (tertiary/aromatic N) is 1. The molecule has 0 spiro atoms. The monoisotopic (exact) mass is 251 g/mol. The van der Waals surface area contributed by atoms with E-state index in [1.807, 2.05) is 13.0 Å². The maximum absolute atomic E-state index is 12.4. The molecule has 1 aromatic rings. The Kier molecular flexibility index (Phi) is 3.71. The van der Waals surface area contributed by atoms with Crippen LogP contribution in [0.1, 0.15) is 31.7 Å². The number of nitrogens with one attached hydrogen (secondary N) is 2. The normalized spacial score (nSPS) is 23.6. The fourth-order valence-corrected chi connectivity index (χ4v) is 2.50. The van der Waals surface area contributed by atoms with Crippen molar-refractivity contribution in [1.29, 1.82) is 0 Å². The molecule has 2 rings (SSSR count). The van der Waals surface area contributed by atoms with E-state index in [0.29, 0.717) is 18.2 Å². The molecule has 1 aromatic heterocycles. The number of carbonyl (C=O) groups is 1. The lowest BCUT2D eigenvalue weighted by Gasteiger charge is -2.30. The highest BCUT2D eigenvalue weighted by Gasteiger charge is 2.43. The number of aryl methyl sites for hydroxylation is 1. The molecular weight excluding hydrogens is 230 g/mol. The van der Waals surface area contributed by atoms with Gasteiger partial charge in [-0.05, 0) is 25.8 Å². The molecule has 1 aliphatic rings. The first kappa shape index (κ1) is 13.1. The van der Waals surface area contributed by atoms with E-state index in [-0.39, 0.29) is 11.3 Å². The van der Waals surface area contributed by atoms with Crippen LogP contribution in [0.5, 0.6) is 0 Å². The van der Waals surface area contributed by atoms with Gasteiger partial charge in [0.15, 0.2) is 5.76 Å². The Morgan fingerprint density at radius 1 is 1.67 bits per heavy atom. The zero-order valence-electron chi connectivity index (χ0n) is 11.2. The summed E-state index contributed by atoms with van der Waals surface area (Å²) in [7, 11) is 0. The van der Waals surface area contributed by atoms with Crippen LogP contribution in [0.4, 0.5) is 0 Å². The molecule has 1 fully saturated rings. The topological polar surface area (TPSA) is 67.2 Å². The summed E-state index contributed by atoms with van der Waals surface area (Å²) in [6, 6.07) is 1.84. The van der Waals surface area contributed by atoms with Crippen molar-refractivity contribution in [3.8, 4) is 0 Å². The van der Waals surface area contributed by atoms with Crippen LogP contribution in [0.15, 0.2) is 10.6 Å². The number of hydrogen-bond donors (Lipinski definition) is 2. The molecule has 1 saturated heterocycles. The van der Waals surface area contributed by atoms with Gasteiger partial charge in [-0.15, -0.1) is 0 Å². The van der Waals surface area contributed by atoms with Crippen LogP contribution in [0.25, 0.3) is 0 Å². The average Bonchev–Trinajstić information content (AvgIpc) is 2.95. The van der Waals surface area contributed by atoms with Gasteiger partial charge in [-0.25, -0.2) is 0 Å². The lowest BCUT2D eigenvalue weighted by Crippen LogP contribution is -2.45. The molecule has 2 N–H and O–H groups in total. The number of carbonyl (C=O) groups excluding carboxylic acids is 1. The van der Waals surface area contributed by atoms with Crippen molar-refractivity contribution in [1.82, 2.24) is 15.8 Å². The quantitative estimate of drug-likeness (QED) is 0.844.